The summed E-state index contributed by atoms with van der Waals surface area (Å²) in [5.41, 5.74) is 2.64. The molecule has 0 fully saturated rings. The molecular weight excluding hydrogens is 300 g/mol. The normalized spacial score (nSPS) is 17.2. The minimum absolute atomic E-state index is 0. The highest BCUT2D eigenvalue weighted by Gasteiger charge is 2.14. The molecule has 0 aromatic heterocycles. The number of hydrogen-bond acceptors (Lipinski definition) is 3. The van der Waals surface area contributed by atoms with E-state index in [1.54, 1.807) is 0 Å². The second-order valence-corrected chi connectivity index (χ2v) is 5.81. The average Bonchev–Trinajstić information content (AvgIpc) is 2.55. The molecule has 0 radical (unpaired) electrons. The fraction of sp³-hybridized carbons (Fsp3) is 0.235. The zero-order valence-corrected chi connectivity index (χ0v) is 13.4. The summed E-state index contributed by atoms with van der Waals surface area (Å²) < 4.78 is 0. The van der Waals surface area contributed by atoms with E-state index < -0.39 is 0 Å². The molecule has 0 aliphatic carbocycles. The molecule has 4 heteroatoms. The minimum atomic E-state index is 0. The van der Waals surface area contributed by atoms with Crippen LogP contribution in [0.25, 0.3) is 0 Å². The fourth-order valence-corrected chi connectivity index (χ4v) is 3.32. The lowest BCUT2D eigenvalue weighted by Crippen LogP contribution is -2.25. The number of nitrogens with one attached hydrogen (secondary N) is 1. The standard InChI is InChI=1S/C17H18N2S.ClH/c1-2-7-14(8-3-1)13-20-16-10-5-4-9-15(16)17-18-11-6-12-19-17;/h1-5,7-11,17,19H,6,12-13H2;1H. The van der Waals surface area contributed by atoms with E-state index in [4.69, 9.17) is 0 Å². The van der Waals surface area contributed by atoms with Crippen LogP contribution in [0.15, 0.2) is 64.5 Å². The summed E-state index contributed by atoms with van der Waals surface area (Å²) in [6.45, 7) is 1.01. The lowest BCUT2D eigenvalue weighted by atomic mass is 10.1. The van der Waals surface area contributed by atoms with E-state index >= 15 is 0 Å². The average molecular weight is 319 g/mol. The molecular formula is C17H19ClN2S. The summed E-state index contributed by atoms with van der Waals surface area (Å²) in [6.07, 6.45) is 3.17. The Morgan fingerprint density at radius 3 is 2.57 bits per heavy atom. The van der Waals surface area contributed by atoms with Crippen LogP contribution in [0, 0.1) is 0 Å². The van der Waals surface area contributed by atoms with Crippen molar-refractivity contribution < 1.29 is 0 Å². The lowest BCUT2D eigenvalue weighted by Gasteiger charge is -2.20. The largest absolute Gasteiger partial charge is 0.292 e. The van der Waals surface area contributed by atoms with Crippen LogP contribution >= 0.6 is 24.2 Å². The first-order chi connectivity index (χ1) is 9.93. The molecule has 1 aliphatic heterocycles. The number of aliphatic imine (C=N–C) groups is 1. The zero-order valence-electron chi connectivity index (χ0n) is 11.7. The summed E-state index contributed by atoms with van der Waals surface area (Å²) in [4.78, 5) is 5.88. The van der Waals surface area contributed by atoms with Gasteiger partial charge in [-0.1, -0.05) is 48.5 Å². The molecule has 0 amide bonds. The van der Waals surface area contributed by atoms with Crippen molar-refractivity contribution in [2.45, 2.75) is 23.2 Å². The van der Waals surface area contributed by atoms with Crippen LogP contribution in [-0.2, 0) is 5.75 Å². The third kappa shape index (κ3) is 4.34. The van der Waals surface area contributed by atoms with Crippen molar-refractivity contribution in [3.05, 3.63) is 65.7 Å². The number of halogens is 1. The molecule has 2 aromatic carbocycles. The van der Waals surface area contributed by atoms with E-state index in [9.17, 15) is 0 Å². The Bertz CT molecular complexity index is 586. The molecule has 1 unspecified atom stereocenters. The zero-order chi connectivity index (χ0) is 13.6. The van der Waals surface area contributed by atoms with Gasteiger partial charge in [-0.2, -0.15) is 0 Å². The van der Waals surface area contributed by atoms with Gasteiger partial charge in [0, 0.05) is 29.0 Å². The maximum atomic E-state index is 4.57. The van der Waals surface area contributed by atoms with Crippen LogP contribution in [0.4, 0.5) is 0 Å². The van der Waals surface area contributed by atoms with Crippen LogP contribution in [0.1, 0.15) is 23.7 Å². The third-order valence-corrected chi connectivity index (χ3v) is 4.48. The predicted octanol–water partition coefficient (Wildman–Crippen LogP) is 4.46. The summed E-state index contributed by atoms with van der Waals surface area (Å²) in [5.74, 6) is 0.994. The van der Waals surface area contributed by atoms with Gasteiger partial charge in [-0.25, -0.2) is 0 Å². The van der Waals surface area contributed by atoms with Crippen molar-refractivity contribution in [2.75, 3.05) is 6.54 Å². The highest BCUT2D eigenvalue weighted by atomic mass is 35.5. The molecule has 0 spiro atoms. The molecule has 1 heterocycles. The first-order valence-electron chi connectivity index (χ1n) is 6.94. The Balaban J connectivity index is 0.00000161. The highest BCUT2D eigenvalue weighted by molar-refractivity contribution is 7.98. The Hall–Kier alpha value is -1.29. The summed E-state index contributed by atoms with van der Waals surface area (Å²) >= 11 is 1.88. The molecule has 2 nitrogen and oxygen atoms in total. The van der Waals surface area contributed by atoms with E-state index in [0.717, 1.165) is 18.7 Å². The van der Waals surface area contributed by atoms with Gasteiger partial charge in [0.25, 0.3) is 0 Å². The molecule has 21 heavy (non-hydrogen) atoms. The molecule has 1 atom stereocenters. The van der Waals surface area contributed by atoms with Crippen LogP contribution in [0.5, 0.6) is 0 Å². The molecule has 2 aromatic rings. The fourth-order valence-electron chi connectivity index (χ4n) is 2.28. The van der Waals surface area contributed by atoms with Crippen molar-refractivity contribution in [2.24, 2.45) is 4.99 Å². The van der Waals surface area contributed by atoms with Crippen molar-refractivity contribution in [1.82, 2.24) is 5.32 Å². The van der Waals surface area contributed by atoms with Crippen LogP contribution < -0.4 is 5.32 Å². The SMILES string of the molecule is C1=NC(c2ccccc2SCc2ccccc2)NCC1.Cl. The van der Waals surface area contributed by atoms with Crippen LogP contribution in [-0.4, -0.2) is 12.8 Å². The summed E-state index contributed by atoms with van der Waals surface area (Å²) in [6, 6.07) is 19.1. The smallest absolute Gasteiger partial charge is 0.126 e. The molecule has 0 saturated heterocycles. The van der Waals surface area contributed by atoms with Gasteiger partial charge in [0.1, 0.15) is 6.17 Å². The number of hydrogen-bond donors (Lipinski definition) is 1. The number of benzene rings is 2. The van der Waals surface area contributed by atoms with Gasteiger partial charge in [-0.05, 0) is 18.1 Å². The molecule has 1 aliphatic rings. The third-order valence-electron chi connectivity index (χ3n) is 3.32. The van der Waals surface area contributed by atoms with Crippen molar-refractivity contribution in [1.29, 1.82) is 0 Å². The van der Waals surface area contributed by atoms with Gasteiger partial charge in [0.2, 0.25) is 0 Å². The van der Waals surface area contributed by atoms with Gasteiger partial charge in [-0.3, -0.25) is 10.3 Å². The summed E-state index contributed by atoms with van der Waals surface area (Å²) in [5, 5.41) is 3.46. The van der Waals surface area contributed by atoms with Crippen LogP contribution in [0.3, 0.4) is 0 Å². The van der Waals surface area contributed by atoms with Gasteiger partial charge >= 0.3 is 0 Å². The lowest BCUT2D eigenvalue weighted by molar-refractivity contribution is 0.540. The molecule has 110 valence electrons. The Morgan fingerprint density at radius 2 is 1.81 bits per heavy atom. The van der Waals surface area contributed by atoms with Crippen molar-refractivity contribution in [3.8, 4) is 0 Å². The first kappa shape index (κ1) is 16.1. The molecule has 0 bridgehead atoms. The van der Waals surface area contributed by atoms with E-state index in [1.807, 2.05) is 18.0 Å². The van der Waals surface area contributed by atoms with Gasteiger partial charge < -0.3 is 0 Å². The second kappa shape index (κ2) is 8.23. The topological polar surface area (TPSA) is 24.4 Å². The van der Waals surface area contributed by atoms with E-state index in [-0.39, 0.29) is 18.6 Å². The van der Waals surface area contributed by atoms with E-state index in [1.165, 1.54) is 16.0 Å². The maximum Gasteiger partial charge on any atom is 0.126 e. The van der Waals surface area contributed by atoms with Crippen molar-refractivity contribution >= 4 is 30.4 Å². The monoisotopic (exact) mass is 318 g/mol. The number of rotatable bonds is 4. The Kier molecular flexibility index (Phi) is 6.30. The Morgan fingerprint density at radius 1 is 1.05 bits per heavy atom. The van der Waals surface area contributed by atoms with Crippen molar-refractivity contribution in [3.63, 3.8) is 0 Å². The maximum absolute atomic E-state index is 4.57. The quantitative estimate of drug-likeness (QED) is 0.841. The number of nitrogens with zero attached hydrogens (tertiary/aromatic N) is 1. The predicted molar refractivity (Wildman–Crippen MR) is 93.5 cm³/mol. The van der Waals surface area contributed by atoms with E-state index in [0.29, 0.717) is 0 Å². The van der Waals surface area contributed by atoms with Gasteiger partial charge in [-0.15, -0.1) is 24.2 Å². The van der Waals surface area contributed by atoms with E-state index in [2.05, 4.69) is 64.9 Å². The minimum Gasteiger partial charge on any atom is -0.292 e. The molecule has 0 saturated carbocycles. The van der Waals surface area contributed by atoms with Gasteiger partial charge in [0.15, 0.2) is 0 Å². The second-order valence-electron chi connectivity index (χ2n) is 4.79. The summed E-state index contributed by atoms with van der Waals surface area (Å²) in [7, 11) is 0. The van der Waals surface area contributed by atoms with Gasteiger partial charge in [0.05, 0.1) is 0 Å². The first-order valence-corrected chi connectivity index (χ1v) is 7.93. The molecule has 1 N–H and O–H groups in total. The Labute approximate surface area is 136 Å². The molecule has 3 rings (SSSR count). The van der Waals surface area contributed by atoms with Crippen LogP contribution in [0.2, 0.25) is 0 Å². The highest BCUT2D eigenvalue weighted by Crippen LogP contribution is 2.31. The number of thioether (sulfide) groups is 1.